The Morgan fingerprint density at radius 2 is 0.881 bits per heavy atom. The third kappa shape index (κ3) is 14.7. The van der Waals surface area contributed by atoms with E-state index < -0.39 is 124 Å². The number of ether oxygens (including phenoxy) is 1. The molecule has 3 fully saturated rings. The minimum Gasteiger partial charge on any atom is -0.480 e. The highest BCUT2D eigenvalue weighted by atomic mass is 19.1. The lowest BCUT2D eigenvalue weighted by molar-refractivity contribution is -0.192. The van der Waals surface area contributed by atoms with Crippen LogP contribution >= 0.6 is 0 Å². The number of aliphatic carboxylic acids is 1. The number of rotatable bonds is 9. The van der Waals surface area contributed by atoms with E-state index in [4.69, 9.17) is 25.2 Å². The molecule has 0 radical (unpaired) electrons. The van der Waals surface area contributed by atoms with Gasteiger partial charge in [-0.15, -0.1) is 0 Å². The van der Waals surface area contributed by atoms with Crippen LogP contribution in [0.1, 0.15) is 163 Å². The Morgan fingerprint density at radius 3 is 1.18 bits per heavy atom. The first kappa shape index (κ1) is 65.1. The number of hydrogen-bond donors (Lipinski definition) is 7. The second-order valence-electron chi connectivity index (χ2n) is 21.8. The van der Waals surface area contributed by atoms with Crippen molar-refractivity contribution in [1.29, 1.82) is 0 Å². The Balaban J connectivity index is 0.000000215. The maximum Gasteiger partial charge on any atom is 0.373 e. The molecule has 6 aliphatic rings. The predicted molar refractivity (Wildman–Crippen MR) is 287 cm³/mol. The number of carboxylic acids is 1. The number of imide groups is 6. The first-order valence-corrected chi connectivity index (χ1v) is 26.1. The van der Waals surface area contributed by atoms with Crippen molar-refractivity contribution >= 4 is 100 Å². The van der Waals surface area contributed by atoms with Gasteiger partial charge in [0.05, 0.1) is 33.4 Å². The second kappa shape index (κ2) is 26.5. The van der Waals surface area contributed by atoms with E-state index in [1.807, 2.05) is 6.92 Å². The lowest BCUT2D eigenvalue weighted by Crippen LogP contribution is -2.54. The maximum atomic E-state index is 13.7. The van der Waals surface area contributed by atoms with Crippen LogP contribution in [0.4, 0.5) is 15.8 Å². The number of fused-ring (bicyclic) bond motifs is 3. The number of halogens is 1. The summed E-state index contributed by atoms with van der Waals surface area (Å²) in [6.45, 7) is 16.7. The van der Waals surface area contributed by atoms with Crippen LogP contribution < -0.4 is 32.3 Å². The molecule has 6 heterocycles. The van der Waals surface area contributed by atoms with Crippen LogP contribution in [-0.4, -0.2) is 151 Å². The van der Waals surface area contributed by atoms with Crippen LogP contribution in [-0.2, 0) is 52.7 Å². The van der Waals surface area contributed by atoms with E-state index in [2.05, 4.69) is 47.4 Å². The summed E-state index contributed by atoms with van der Waals surface area (Å²) in [5.41, 5.74) is 5.68. The summed E-state index contributed by atoms with van der Waals surface area (Å²) in [7, 11) is 0. The highest BCUT2D eigenvalue weighted by molar-refractivity contribution is 6.27. The van der Waals surface area contributed by atoms with E-state index in [0.717, 1.165) is 20.8 Å². The second-order valence-corrected chi connectivity index (χ2v) is 21.8. The summed E-state index contributed by atoms with van der Waals surface area (Å²) >= 11 is 0. The number of amides is 12. The molecule has 3 aromatic rings. The van der Waals surface area contributed by atoms with Gasteiger partial charge in [0, 0.05) is 36.7 Å². The van der Waals surface area contributed by atoms with E-state index >= 15 is 0 Å². The number of nitrogens with zero attached hydrogens (tertiary/aromatic N) is 3. The number of carbonyl (C=O) groups excluding carboxylic acids is 15. The van der Waals surface area contributed by atoms with Gasteiger partial charge in [-0.2, -0.15) is 9.59 Å². The fourth-order valence-corrected chi connectivity index (χ4v) is 8.72. The number of benzene rings is 3. The van der Waals surface area contributed by atoms with Crippen molar-refractivity contribution in [1.82, 2.24) is 30.7 Å². The first-order valence-electron chi connectivity index (χ1n) is 26.1. The van der Waals surface area contributed by atoms with Crippen molar-refractivity contribution in [3.63, 3.8) is 0 Å². The SMILES string of the molecule is CC(N)C(C)(C)C.CC(Nc1cccc2c1C(=O)N(C1CCC(=O)NC1=O)C2=O)C(=O)O.CC(Nc1cccc2c1C(=O)N(C1CCC(=O)NC1=O)C2=O)C(=O)OC(C)(C)C.O=C1CCC(N2C(=O)c3cccc(F)c3C2=O)C(=O)N1.O=C=O. The number of hydrogen-bond acceptors (Lipinski definition) is 20. The molecule has 0 spiro atoms. The summed E-state index contributed by atoms with van der Waals surface area (Å²) in [6, 6.07) is 8.25. The Kier molecular flexibility index (Phi) is 20.5. The van der Waals surface area contributed by atoms with Crippen LogP contribution in [0.3, 0.4) is 0 Å². The number of nitrogens with one attached hydrogen (secondary N) is 5. The maximum absolute atomic E-state index is 13.7. The molecular weight excluding hydrogens is 1110 g/mol. The number of carbonyl (C=O) groups is 14. The molecule has 12 amide bonds. The molecule has 27 nitrogen and oxygen atoms in total. The van der Waals surface area contributed by atoms with Crippen molar-refractivity contribution < 1.29 is 90.9 Å². The first-order chi connectivity index (χ1) is 39.2. The molecule has 0 aliphatic carbocycles. The van der Waals surface area contributed by atoms with Gasteiger partial charge in [0.25, 0.3) is 35.4 Å². The largest absolute Gasteiger partial charge is 0.480 e. The normalized spacial score (nSPS) is 20.0. The van der Waals surface area contributed by atoms with Gasteiger partial charge >= 0.3 is 18.1 Å². The fraction of sp³-hybridized carbons (Fsp3) is 0.411. The van der Waals surface area contributed by atoms with Gasteiger partial charge in [0.1, 0.15) is 41.6 Å². The van der Waals surface area contributed by atoms with Crippen LogP contribution in [0.25, 0.3) is 0 Å². The van der Waals surface area contributed by atoms with Crippen molar-refractivity contribution in [2.45, 2.75) is 143 Å². The van der Waals surface area contributed by atoms with Gasteiger partial charge < -0.3 is 26.2 Å². The number of esters is 1. The van der Waals surface area contributed by atoms with E-state index in [1.165, 1.54) is 43.3 Å². The molecule has 0 saturated carbocycles. The molecule has 3 saturated heterocycles. The third-order valence-corrected chi connectivity index (χ3v) is 13.6. The Morgan fingerprint density at radius 1 is 0.571 bits per heavy atom. The molecule has 8 N–H and O–H groups in total. The lowest BCUT2D eigenvalue weighted by Gasteiger charge is -2.28. The lowest BCUT2D eigenvalue weighted by atomic mass is 9.89. The monoisotopic (exact) mass is 1170 g/mol. The van der Waals surface area contributed by atoms with Crippen LogP contribution in [0, 0.1) is 11.2 Å². The van der Waals surface area contributed by atoms with Gasteiger partial charge in [-0.1, -0.05) is 39.0 Å². The quantitative estimate of drug-likeness (QED) is 0.119. The summed E-state index contributed by atoms with van der Waals surface area (Å²) in [4.78, 5) is 187. The minimum atomic E-state index is -1.11. The molecular formula is C56H62FN9O18. The number of carboxylic acid groups (broad SMARTS) is 1. The summed E-state index contributed by atoms with van der Waals surface area (Å²) < 4.78 is 19.0. The minimum absolute atomic E-state index is 0.0327. The van der Waals surface area contributed by atoms with Gasteiger partial charge in [-0.3, -0.25) is 93.0 Å². The van der Waals surface area contributed by atoms with Gasteiger partial charge in [-0.05, 0) is 103 Å². The molecule has 6 aliphatic heterocycles. The molecule has 446 valence electrons. The van der Waals surface area contributed by atoms with E-state index in [9.17, 15) is 71.5 Å². The Labute approximate surface area is 478 Å². The molecule has 0 bridgehead atoms. The zero-order valence-corrected chi connectivity index (χ0v) is 47.1. The fourth-order valence-electron chi connectivity index (χ4n) is 8.72. The van der Waals surface area contributed by atoms with Crippen LogP contribution in [0.2, 0.25) is 0 Å². The molecule has 6 unspecified atom stereocenters. The highest BCUT2D eigenvalue weighted by Crippen LogP contribution is 2.35. The van der Waals surface area contributed by atoms with Gasteiger partial charge in [0.15, 0.2) is 0 Å². The van der Waals surface area contributed by atoms with Crippen molar-refractivity contribution in [3.05, 3.63) is 93.8 Å². The number of nitrogens with two attached hydrogens (primary N) is 1. The summed E-state index contributed by atoms with van der Waals surface area (Å²) in [5, 5.41) is 21.0. The van der Waals surface area contributed by atoms with Crippen LogP contribution in [0.5, 0.6) is 0 Å². The van der Waals surface area contributed by atoms with Crippen LogP contribution in [0.15, 0.2) is 54.6 Å². The third-order valence-electron chi connectivity index (χ3n) is 13.6. The average Bonchev–Trinajstić information content (AvgIpc) is 2.84. The van der Waals surface area contributed by atoms with E-state index in [0.29, 0.717) is 11.7 Å². The Bertz CT molecular complexity index is 3300. The average molecular weight is 1170 g/mol. The van der Waals surface area contributed by atoms with Crippen molar-refractivity contribution in [2.24, 2.45) is 11.1 Å². The Hall–Kier alpha value is -9.69. The highest BCUT2D eigenvalue weighted by Gasteiger charge is 2.49. The topological polar surface area (TPSA) is 398 Å². The van der Waals surface area contributed by atoms with Crippen molar-refractivity contribution in [2.75, 3.05) is 10.6 Å². The van der Waals surface area contributed by atoms with Gasteiger partial charge in [0.2, 0.25) is 35.4 Å². The summed E-state index contributed by atoms with van der Waals surface area (Å²) in [6.07, 6.45) is 0.553. The smallest absolute Gasteiger partial charge is 0.373 e. The summed E-state index contributed by atoms with van der Waals surface area (Å²) in [5.74, 6) is -9.94. The van der Waals surface area contributed by atoms with E-state index in [1.54, 1.807) is 39.8 Å². The molecule has 6 atom stereocenters. The number of anilines is 2. The zero-order chi connectivity index (χ0) is 63.0. The molecule has 84 heavy (non-hydrogen) atoms. The predicted octanol–water partition coefficient (Wildman–Crippen LogP) is 2.23. The molecule has 0 aromatic heterocycles. The number of piperidine rings is 3. The van der Waals surface area contributed by atoms with E-state index in [-0.39, 0.29) is 89.2 Å². The zero-order valence-electron chi connectivity index (χ0n) is 47.1. The van der Waals surface area contributed by atoms with Crippen molar-refractivity contribution in [3.8, 4) is 0 Å². The standard InChI is InChI=1S/C20H23N3O6.C16H15N3O6.C13H9FN2O4.C6H15N.CO2/c1-10(19(28)29-20(2,3)4)21-12-7-5-6-11-15(12)18(27)23(17(11)26)13-8-9-14(24)22-16(13)25;1-7(16(24)25)17-9-4-2-3-8-12(9)15(23)19(14(8)22)10-5-6-11(20)18-13(10)21;14-7-3-1-2-6-10(7)13(20)16(12(6)19)8-4-5-9(17)15-11(8)18;1-5(7)6(2,3)4;2-1-3/h5-7,10,13,21H,8-9H2,1-4H3,(H,22,24,25);2-4,7,10,17H,5-6H2,1H3,(H,24,25)(H,18,20,21);1-3,8H,4-5H2,(H,15,17,18);5H,7H2,1-4H3;. The molecule has 3 aromatic carbocycles. The van der Waals surface area contributed by atoms with Gasteiger partial charge in [-0.25, -0.2) is 9.18 Å². The molecule has 28 heteroatoms. The molecule has 9 rings (SSSR count).